The van der Waals surface area contributed by atoms with E-state index < -0.39 is 34.3 Å². The standard InChI is InChI=1S/C26H27FN2O7S/c1-5-36-26(31)18-11-10-17(2)21(14-18)28-25(30)16-29(22-9-7-6-8-20(22)27)37(32,33)19-12-13-23(34-3)24(15-19)35-4/h6-15H,5,16H2,1-4H3,(H,28,30). The summed E-state index contributed by atoms with van der Waals surface area (Å²) in [6, 6.07) is 13.7. The number of rotatable bonds is 10. The summed E-state index contributed by atoms with van der Waals surface area (Å²) in [4.78, 5) is 24.9. The molecule has 3 aromatic carbocycles. The van der Waals surface area contributed by atoms with E-state index in [1.165, 1.54) is 56.7 Å². The van der Waals surface area contributed by atoms with Gasteiger partial charge in [-0.2, -0.15) is 0 Å². The second kappa shape index (κ2) is 11.7. The van der Waals surface area contributed by atoms with E-state index in [1.807, 2.05) is 0 Å². The maximum atomic E-state index is 14.8. The Kier molecular flexibility index (Phi) is 8.72. The molecular formula is C26H27FN2O7S. The summed E-state index contributed by atoms with van der Waals surface area (Å²) in [5.74, 6) is -1.71. The number of carbonyl (C=O) groups is 2. The van der Waals surface area contributed by atoms with E-state index in [-0.39, 0.29) is 34.2 Å². The Morgan fingerprint density at radius 1 is 0.973 bits per heavy atom. The molecule has 0 saturated heterocycles. The average molecular weight is 531 g/mol. The highest BCUT2D eigenvalue weighted by molar-refractivity contribution is 7.92. The molecule has 196 valence electrons. The van der Waals surface area contributed by atoms with Crippen molar-refractivity contribution in [2.45, 2.75) is 18.7 Å². The Hall–Kier alpha value is -4.12. The van der Waals surface area contributed by atoms with Gasteiger partial charge in [0.15, 0.2) is 11.5 Å². The van der Waals surface area contributed by atoms with Crippen molar-refractivity contribution in [3.63, 3.8) is 0 Å². The number of halogens is 1. The van der Waals surface area contributed by atoms with Crippen molar-refractivity contribution in [3.05, 3.63) is 77.6 Å². The van der Waals surface area contributed by atoms with Crippen molar-refractivity contribution in [3.8, 4) is 11.5 Å². The van der Waals surface area contributed by atoms with Gasteiger partial charge in [0.25, 0.3) is 10.0 Å². The molecule has 0 aliphatic rings. The Morgan fingerprint density at radius 2 is 1.68 bits per heavy atom. The van der Waals surface area contributed by atoms with Crippen LogP contribution < -0.4 is 19.1 Å². The van der Waals surface area contributed by atoms with Gasteiger partial charge < -0.3 is 19.5 Å². The van der Waals surface area contributed by atoms with Crippen molar-refractivity contribution in [2.24, 2.45) is 0 Å². The predicted molar refractivity (Wildman–Crippen MR) is 136 cm³/mol. The third-order valence-electron chi connectivity index (χ3n) is 5.37. The van der Waals surface area contributed by atoms with E-state index in [4.69, 9.17) is 14.2 Å². The fourth-order valence-corrected chi connectivity index (χ4v) is 4.92. The fraction of sp³-hybridized carbons (Fsp3) is 0.231. The minimum atomic E-state index is -4.44. The van der Waals surface area contributed by atoms with Crippen LogP contribution in [0.2, 0.25) is 0 Å². The number of benzene rings is 3. The van der Waals surface area contributed by atoms with E-state index in [1.54, 1.807) is 26.0 Å². The molecule has 0 heterocycles. The third kappa shape index (κ3) is 6.18. The van der Waals surface area contributed by atoms with Gasteiger partial charge in [-0.15, -0.1) is 0 Å². The first kappa shape index (κ1) is 27.5. The Labute approximate surface area is 214 Å². The van der Waals surface area contributed by atoms with Gasteiger partial charge in [-0.25, -0.2) is 17.6 Å². The fourth-order valence-electron chi connectivity index (χ4n) is 3.48. The first-order chi connectivity index (χ1) is 17.6. The van der Waals surface area contributed by atoms with Crippen LogP contribution >= 0.6 is 0 Å². The quantitative estimate of drug-likeness (QED) is 0.392. The van der Waals surface area contributed by atoms with E-state index in [0.717, 1.165) is 6.07 Å². The Bertz CT molecular complexity index is 1410. The second-order valence-corrected chi connectivity index (χ2v) is 9.64. The molecule has 0 bridgehead atoms. The largest absolute Gasteiger partial charge is 0.493 e. The highest BCUT2D eigenvalue weighted by atomic mass is 32.2. The first-order valence-electron chi connectivity index (χ1n) is 11.2. The second-order valence-electron chi connectivity index (χ2n) is 7.78. The molecule has 0 unspecified atom stereocenters. The van der Waals surface area contributed by atoms with Crippen LogP contribution in [0.15, 0.2) is 65.6 Å². The molecule has 0 atom stereocenters. The Balaban J connectivity index is 1.99. The van der Waals surface area contributed by atoms with Crippen molar-refractivity contribution < 1.29 is 36.6 Å². The van der Waals surface area contributed by atoms with Crippen LogP contribution in [-0.2, 0) is 19.6 Å². The van der Waals surface area contributed by atoms with Crippen molar-refractivity contribution >= 4 is 33.3 Å². The summed E-state index contributed by atoms with van der Waals surface area (Å²) in [7, 11) is -1.68. The lowest BCUT2D eigenvalue weighted by Gasteiger charge is -2.25. The van der Waals surface area contributed by atoms with Gasteiger partial charge in [0.05, 0.1) is 37.0 Å². The topological polar surface area (TPSA) is 111 Å². The molecule has 9 nitrogen and oxygen atoms in total. The number of ether oxygens (including phenoxy) is 3. The van der Waals surface area contributed by atoms with Crippen molar-refractivity contribution in [2.75, 3.05) is 37.0 Å². The molecule has 11 heteroatoms. The lowest BCUT2D eigenvalue weighted by atomic mass is 10.1. The van der Waals surface area contributed by atoms with Gasteiger partial charge >= 0.3 is 5.97 Å². The number of carbonyl (C=O) groups excluding carboxylic acids is 2. The van der Waals surface area contributed by atoms with Crippen molar-refractivity contribution in [1.29, 1.82) is 0 Å². The lowest BCUT2D eigenvalue weighted by Crippen LogP contribution is -2.38. The summed E-state index contributed by atoms with van der Waals surface area (Å²) in [6.07, 6.45) is 0. The molecule has 1 amide bonds. The van der Waals surface area contributed by atoms with Crippen LogP contribution in [0.4, 0.5) is 15.8 Å². The molecule has 37 heavy (non-hydrogen) atoms. The van der Waals surface area contributed by atoms with Crippen LogP contribution in [-0.4, -0.2) is 47.7 Å². The minimum Gasteiger partial charge on any atom is -0.493 e. The number of nitrogens with zero attached hydrogens (tertiary/aromatic N) is 1. The molecule has 0 fully saturated rings. The van der Waals surface area contributed by atoms with E-state index in [0.29, 0.717) is 15.6 Å². The highest BCUT2D eigenvalue weighted by Gasteiger charge is 2.30. The van der Waals surface area contributed by atoms with E-state index in [2.05, 4.69) is 5.32 Å². The number of esters is 1. The van der Waals surface area contributed by atoms with Gasteiger partial charge in [0.1, 0.15) is 12.4 Å². The normalized spacial score (nSPS) is 10.9. The lowest BCUT2D eigenvalue weighted by molar-refractivity contribution is -0.114. The summed E-state index contributed by atoms with van der Waals surface area (Å²) >= 11 is 0. The molecule has 0 aromatic heterocycles. The summed E-state index contributed by atoms with van der Waals surface area (Å²) in [5.41, 5.74) is 0.810. The third-order valence-corrected chi connectivity index (χ3v) is 7.13. The van der Waals surface area contributed by atoms with Crippen LogP contribution in [0, 0.1) is 12.7 Å². The van der Waals surface area contributed by atoms with Gasteiger partial charge in [-0.3, -0.25) is 9.10 Å². The van der Waals surface area contributed by atoms with Gasteiger partial charge in [0.2, 0.25) is 5.91 Å². The summed E-state index contributed by atoms with van der Waals surface area (Å²) < 4.78 is 58.1. The molecule has 0 aliphatic carbocycles. The summed E-state index contributed by atoms with van der Waals surface area (Å²) in [6.45, 7) is 2.81. The van der Waals surface area contributed by atoms with Crippen LogP contribution in [0.3, 0.4) is 0 Å². The molecule has 3 rings (SSSR count). The van der Waals surface area contributed by atoms with E-state index in [9.17, 15) is 22.4 Å². The maximum Gasteiger partial charge on any atom is 0.338 e. The number of aryl methyl sites for hydroxylation is 1. The highest BCUT2D eigenvalue weighted by Crippen LogP contribution is 2.33. The molecular weight excluding hydrogens is 503 g/mol. The van der Waals surface area contributed by atoms with Crippen LogP contribution in [0.5, 0.6) is 11.5 Å². The average Bonchev–Trinajstić information content (AvgIpc) is 2.88. The molecule has 3 aromatic rings. The Morgan fingerprint density at radius 3 is 2.32 bits per heavy atom. The van der Waals surface area contributed by atoms with Gasteiger partial charge in [-0.05, 0) is 55.8 Å². The maximum absolute atomic E-state index is 14.8. The summed E-state index contributed by atoms with van der Waals surface area (Å²) in [5, 5.41) is 2.61. The zero-order chi connectivity index (χ0) is 27.2. The zero-order valence-corrected chi connectivity index (χ0v) is 21.6. The van der Waals surface area contributed by atoms with Crippen LogP contribution in [0.1, 0.15) is 22.8 Å². The van der Waals surface area contributed by atoms with Crippen molar-refractivity contribution in [1.82, 2.24) is 0 Å². The van der Waals surface area contributed by atoms with E-state index >= 15 is 0 Å². The predicted octanol–water partition coefficient (Wildman–Crippen LogP) is 4.16. The smallest absolute Gasteiger partial charge is 0.338 e. The number of hydrogen-bond donors (Lipinski definition) is 1. The first-order valence-corrected chi connectivity index (χ1v) is 12.6. The molecule has 0 aliphatic heterocycles. The molecule has 0 spiro atoms. The molecule has 1 N–H and O–H groups in total. The molecule has 0 saturated carbocycles. The number of amides is 1. The number of sulfonamides is 1. The van der Waals surface area contributed by atoms with Crippen LogP contribution in [0.25, 0.3) is 0 Å². The number of para-hydroxylation sites is 1. The van der Waals surface area contributed by atoms with Gasteiger partial charge in [0, 0.05) is 11.8 Å². The van der Waals surface area contributed by atoms with Gasteiger partial charge in [-0.1, -0.05) is 18.2 Å². The molecule has 0 radical (unpaired) electrons. The number of anilines is 2. The zero-order valence-electron chi connectivity index (χ0n) is 20.8. The minimum absolute atomic E-state index is 0.146. The number of methoxy groups -OCH3 is 2. The number of nitrogens with one attached hydrogen (secondary N) is 1. The monoisotopic (exact) mass is 530 g/mol. The SMILES string of the molecule is CCOC(=O)c1ccc(C)c(NC(=O)CN(c2ccccc2F)S(=O)(=O)c2ccc(OC)c(OC)c2)c1. The number of hydrogen-bond acceptors (Lipinski definition) is 7.